The molecule has 66 valence electrons. The Hall–Kier alpha value is -0.570. The first kappa shape index (κ1) is 9.52. The quantitative estimate of drug-likeness (QED) is 0.739. The summed E-state index contributed by atoms with van der Waals surface area (Å²) >= 11 is 3.51. The summed E-state index contributed by atoms with van der Waals surface area (Å²) in [4.78, 5) is 6.67. The molecule has 0 radical (unpaired) electrons. The lowest BCUT2D eigenvalue weighted by Gasteiger charge is -2.20. The second-order valence-corrected chi connectivity index (χ2v) is 4.43. The minimum absolute atomic E-state index is 0.510. The summed E-state index contributed by atoms with van der Waals surface area (Å²) in [5, 5.41) is 0. The van der Waals surface area contributed by atoms with E-state index in [9.17, 15) is 0 Å². The monoisotopic (exact) mass is 228 g/mol. The van der Waals surface area contributed by atoms with E-state index in [0.717, 1.165) is 6.54 Å². The maximum Gasteiger partial charge on any atom is 0.0394 e. The molecule has 1 aromatic rings. The van der Waals surface area contributed by atoms with E-state index < -0.39 is 0 Å². The topological polar surface area (TPSA) is 16.1 Å². The first-order valence-electron chi connectivity index (χ1n) is 3.95. The smallest absolute Gasteiger partial charge is 0.0394 e. The van der Waals surface area contributed by atoms with E-state index in [1.54, 1.807) is 0 Å². The van der Waals surface area contributed by atoms with Crippen molar-refractivity contribution in [1.82, 2.24) is 4.98 Å². The molecule has 0 aliphatic heterocycles. The van der Waals surface area contributed by atoms with Gasteiger partial charge in [0, 0.05) is 36.5 Å². The van der Waals surface area contributed by atoms with Crippen LogP contribution in [0.2, 0.25) is 0 Å². The lowest BCUT2D eigenvalue weighted by molar-refractivity contribution is 0.876. The Kier molecular flexibility index (Phi) is 3.53. The molecule has 0 aliphatic carbocycles. The summed E-state index contributed by atoms with van der Waals surface area (Å²) in [6, 6.07) is 4.02. The highest BCUT2D eigenvalue weighted by molar-refractivity contribution is 9.09. The molecule has 0 N–H and O–H groups in total. The average molecular weight is 229 g/mol. The molecule has 1 rings (SSSR count). The second-order valence-electron chi connectivity index (χ2n) is 2.87. The minimum atomic E-state index is 0.510. The second kappa shape index (κ2) is 4.45. The number of pyridine rings is 1. The molecule has 0 saturated heterocycles. The third-order valence-corrected chi connectivity index (χ3v) is 1.92. The van der Waals surface area contributed by atoms with Gasteiger partial charge in [-0.3, -0.25) is 4.98 Å². The fourth-order valence-electron chi connectivity index (χ4n) is 1.08. The molecule has 0 fully saturated rings. The molecule has 1 unspecified atom stereocenters. The van der Waals surface area contributed by atoms with Crippen molar-refractivity contribution in [2.24, 2.45) is 0 Å². The molecule has 0 spiro atoms. The van der Waals surface area contributed by atoms with Crippen LogP contribution in [0.4, 0.5) is 5.69 Å². The van der Waals surface area contributed by atoms with Gasteiger partial charge in [0.05, 0.1) is 0 Å². The Balaban J connectivity index is 2.59. The van der Waals surface area contributed by atoms with Crippen molar-refractivity contribution in [2.75, 3.05) is 18.5 Å². The Morgan fingerprint density at radius 2 is 2.08 bits per heavy atom. The Labute approximate surface area is 81.7 Å². The fraction of sp³-hybridized carbons (Fsp3) is 0.444. The zero-order chi connectivity index (χ0) is 8.97. The molecule has 1 heterocycles. The first-order chi connectivity index (χ1) is 5.70. The van der Waals surface area contributed by atoms with E-state index in [0.29, 0.717) is 4.83 Å². The van der Waals surface area contributed by atoms with Crippen LogP contribution in [0.5, 0.6) is 0 Å². The van der Waals surface area contributed by atoms with Gasteiger partial charge in [-0.05, 0) is 12.1 Å². The number of halogens is 1. The van der Waals surface area contributed by atoms with Crippen LogP contribution in [0.3, 0.4) is 0 Å². The third-order valence-electron chi connectivity index (χ3n) is 1.63. The van der Waals surface area contributed by atoms with Gasteiger partial charge in [-0.2, -0.15) is 0 Å². The van der Waals surface area contributed by atoms with E-state index >= 15 is 0 Å². The molecule has 1 atom stereocenters. The summed E-state index contributed by atoms with van der Waals surface area (Å²) in [7, 11) is 2.08. The van der Waals surface area contributed by atoms with Crippen molar-refractivity contribution in [3.8, 4) is 0 Å². The number of alkyl halides is 1. The highest BCUT2D eigenvalue weighted by Gasteiger charge is 2.02. The zero-order valence-corrected chi connectivity index (χ0v) is 8.95. The normalized spacial score (nSPS) is 12.6. The van der Waals surface area contributed by atoms with Crippen LogP contribution in [0.15, 0.2) is 24.5 Å². The lowest BCUT2D eigenvalue weighted by atomic mass is 10.3. The Bertz CT molecular complexity index is 223. The highest BCUT2D eigenvalue weighted by atomic mass is 79.9. The lowest BCUT2D eigenvalue weighted by Crippen LogP contribution is -2.23. The predicted molar refractivity (Wildman–Crippen MR) is 55.9 cm³/mol. The number of hydrogen-bond acceptors (Lipinski definition) is 2. The SMILES string of the molecule is CC(Br)CN(C)c1ccncc1. The molecule has 3 heteroatoms. The van der Waals surface area contributed by atoms with E-state index in [4.69, 9.17) is 0 Å². The van der Waals surface area contributed by atoms with Crippen LogP contribution in [0, 0.1) is 0 Å². The van der Waals surface area contributed by atoms with E-state index in [-0.39, 0.29) is 0 Å². The molecular weight excluding hydrogens is 216 g/mol. The molecule has 0 amide bonds. The first-order valence-corrected chi connectivity index (χ1v) is 4.87. The molecule has 2 nitrogen and oxygen atoms in total. The molecule has 0 bridgehead atoms. The van der Waals surface area contributed by atoms with Gasteiger partial charge in [0.1, 0.15) is 0 Å². The van der Waals surface area contributed by atoms with Crippen LogP contribution < -0.4 is 4.90 Å². The van der Waals surface area contributed by atoms with Crippen molar-refractivity contribution >= 4 is 21.6 Å². The summed E-state index contributed by atoms with van der Waals surface area (Å²) in [5.74, 6) is 0. The third kappa shape index (κ3) is 2.81. The van der Waals surface area contributed by atoms with Crippen LogP contribution in [-0.2, 0) is 0 Å². The van der Waals surface area contributed by atoms with Gasteiger partial charge < -0.3 is 4.90 Å². The number of hydrogen-bond donors (Lipinski definition) is 0. The van der Waals surface area contributed by atoms with Crippen LogP contribution >= 0.6 is 15.9 Å². The largest absolute Gasteiger partial charge is 0.373 e. The van der Waals surface area contributed by atoms with Crippen LogP contribution in [-0.4, -0.2) is 23.4 Å². The summed E-state index contributed by atoms with van der Waals surface area (Å²) < 4.78 is 0. The minimum Gasteiger partial charge on any atom is -0.373 e. The number of rotatable bonds is 3. The Morgan fingerprint density at radius 1 is 1.50 bits per heavy atom. The van der Waals surface area contributed by atoms with Crippen LogP contribution in [0.1, 0.15) is 6.92 Å². The van der Waals surface area contributed by atoms with Crippen molar-refractivity contribution in [2.45, 2.75) is 11.8 Å². The summed E-state index contributed by atoms with van der Waals surface area (Å²) in [5.41, 5.74) is 1.20. The van der Waals surface area contributed by atoms with Crippen molar-refractivity contribution in [1.29, 1.82) is 0 Å². The van der Waals surface area contributed by atoms with Crippen LogP contribution in [0.25, 0.3) is 0 Å². The van der Waals surface area contributed by atoms with Gasteiger partial charge >= 0.3 is 0 Å². The maximum absolute atomic E-state index is 3.97. The molecule has 1 aromatic heterocycles. The fourth-order valence-corrected chi connectivity index (χ4v) is 1.52. The average Bonchev–Trinajstić information content (AvgIpc) is 2.05. The zero-order valence-electron chi connectivity index (χ0n) is 7.37. The van der Waals surface area contributed by atoms with E-state index in [1.807, 2.05) is 24.5 Å². The highest BCUT2D eigenvalue weighted by Crippen LogP contribution is 2.11. The number of nitrogens with zero attached hydrogens (tertiary/aromatic N) is 2. The molecule has 0 saturated carbocycles. The van der Waals surface area contributed by atoms with Gasteiger partial charge in [0.15, 0.2) is 0 Å². The predicted octanol–water partition coefficient (Wildman–Crippen LogP) is 2.30. The van der Waals surface area contributed by atoms with Gasteiger partial charge in [-0.15, -0.1) is 0 Å². The van der Waals surface area contributed by atoms with E-state index in [1.165, 1.54) is 5.69 Å². The molecular formula is C9H13BrN2. The number of anilines is 1. The van der Waals surface area contributed by atoms with Crippen molar-refractivity contribution in [3.63, 3.8) is 0 Å². The van der Waals surface area contributed by atoms with Gasteiger partial charge in [0.25, 0.3) is 0 Å². The van der Waals surface area contributed by atoms with Gasteiger partial charge in [-0.25, -0.2) is 0 Å². The standard InChI is InChI=1S/C9H13BrN2/c1-8(10)7-12(2)9-3-5-11-6-4-9/h3-6,8H,7H2,1-2H3. The summed E-state index contributed by atoms with van der Waals surface area (Å²) in [6.07, 6.45) is 3.62. The maximum atomic E-state index is 3.97. The molecule has 12 heavy (non-hydrogen) atoms. The van der Waals surface area contributed by atoms with E-state index in [2.05, 4.69) is 39.8 Å². The van der Waals surface area contributed by atoms with Gasteiger partial charge in [-0.1, -0.05) is 22.9 Å². The summed E-state index contributed by atoms with van der Waals surface area (Å²) in [6.45, 7) is 3.14. The Morgan fingerprint density at radius 3 is 2.58 bits per heavy atom. The molecule has 0 aliphatic rings. The van der Waals surface area contributed by atoms with Crippen molar-refractivity contribution < 1.29 is 0 Å². The van der Waals surface area contributed by atoms with Gasteiger partial charge in [0.2, 0.25) is 0 Å². The molecule has 0 aromatic carbocycles. The van der Waals surface area contributed by atoms with Crippen molar-refractivity contribution in [3.05, 3.63) is 24.5 Å². The number of aromatic nitrogens is 1.